The molecule has 0 saturated carbocycles. The molecule has 1 unspecified atom stereocenters. The Labute approximate surface area is 149 Å². The van der Waals surface area contributed by atoms with Crippen LogP contribution in [0.2, 0.25) is 0 Å². The van der Waals surface area contributed by atoms with Gasteiger partial charge in [0, 0.05) is 11.8 Å². The third-order valence-corrected chi connectivity index (χ3v) is 4.34. The molecule has 0 amide bonds. The molecule has 0 aliphatic carbocycles. The molecule has 1 aliphatic rings. The van der Waals surface area contributed by atoms with Crippen LogP contribution in [0.15, 0.2) is 47.7 Å². The first kappa shape index (κ1) is 17.1. The Hall–Kier alpha value is -2.72. The molecule has 1 N–H and O–H groups in total. The maximum absolute atomic E-state index is 12.2. The van der Waals surface area contributed by atoms with Crippen LogP contribution in [0, 0.1) is 20.8 Å². The van der Waals surface area contributed by atoms with Crippen molar-refractivity contribution in [1.82, 2.24) is 0 Å². The zero-order chi connectivity index (χ0) is 18.0. The fourth-order valence-electron chi connectivity index (χ4n) is 3.22. The summed E-state index contributed by atoms with van der Waals surface area (Å²) in [4.78, 5) is 5.83. The van der Waals surface area contributed by atoms with E-state index in [1.165, 1.54) is 10.5 Å². The lowest BCUT2D eigenvalue weighted by Gasteiger charge is -2.13. The van der Waals surface area contributed by atoms with E-state index in [0.717, 1.165) is 28.9 Å². The summed E-state index contributed by atoms with van der Waals surface area (Å²) in [6.07, 6.45) is 7.92. The van der Waals surface area contributed by atoms with E-state index in [4.69, 9.17) is 0 Å². The number of nitrogens with one attached hydrogen (secondary N) is 1. The summed E-state index contributed by atoms with van der Waals surface area (Å²) in [5.41, 5.74) is 6.17. The third kappa shape index (κ3) is 4.03. The standard InChI is InChI=1S/C21H23N3O/c1-15-9-16(2)21(17(3)10-15)22-12-19-11-18(5-6-20(19)25)13-24-8-7-23(4)14-24/h5-12,14H,13H2,1-4H3/p+1. The van der Waals surface area contributed by atoms with Gasteiger partial charge in [0.2, 0.25) is 6.20 Å². The first-order valence-corrected chi connectivity index (χ1v) is 8.45. The van der Waals surface area contributed by atoms with Gasteiger partial charge in [-0.2, -0.15) is 4.58 Å². The monoisotopic (exact) mass is 334 g/mol. The van der Waals surface area contributed by atoms with Crippen molar-refractivity contribution in [1.29, 1.82) is 0 Å². The Kier molecular flexibility index (Phi) is 4.81. The van der Waals surface area contributed by atoms with Crippen molar-refractivity contribution in [3.8, 4) is 5.75 Å². The number of nitrogens with zero attached hydrogens (tertiary/aromatic N) is 2. The zero-order valence-corrected chi connectivity index (χ0v) is 15.2. The Morgan fingerprint density at radius 2 is 1.84 bits per heavy atom. The Bertz CT molecular complexity index is 871. The Morgan fingerprint density at radius 1 is 1.12 bits per heavy atom. The SMILES string of the molecule is Cc1cc(C)c(N=Cc2cc(C[NH+]3C=C[N+](C)=C3)ccc2[O-])c(C)c1. The average molecular weight is 334 g/mol. The van der Waals surface area contributed by atoms with Gasteiger partial charge in [0.25, 0.3) is 0 Å². The van der Waals surface area contributed by atoms with Gasteiger partial charge in [-0.05, 0) is 43.5 Å². The van der Waals surface area contributed by atoms with Crippen LogP contribution in [0.3, 0.4) is 0 Å². The molecule has 1 atom stereocenters. The van der Waals surface area contributed by atoms with Gasteiger partial charge in [-0.3, -0.25) is 4.99 Å². The number of quaternary nitrogens is 1. The highest BCUT2D eigenvalue weighted by molar-refractivity contribution is 5.86. The summed E-state index contributed by atoms with van der Waals surface area (Å²) < 4.78 is 2.03. The van der Waals surface area contributed by atoms with Crippen LogP contribution >= 0.6 is 0 Å². The molecule has 128 valence electrons. The van der Waals surface area contributed by atoms with Gasteiger partial charge in [0.15, 0.2) is 6.20 Å². The molecule has 4 nitrogen and oxygen atoms in total. The van der Waals surface area contributed by atoms with Crippen molar-refractivity contribution >= 4 is 18.2 Å². The molecule has 0 radical (unpaired) electrons. The fraction of sp³-hybridized carbons (Fsp3) is 0.238. The molecule has 2 aromatic rings. The van der Waals surface area contributed by atoms with Gasteiger partial charge >= 0.3 is 6.34 Å². The summed E-state index contributed by atoms with van der Waals surface area (Å²) in [7, 11) is 2.01. The largest absolute Gasteiger partial charge is 0.872 e. The molecular weight excluding hydrogens is 310 g/mol. The molecule has 0 bridgehead atoms. The van der Waals surface area contributed by atoms with Crippen molar-refractivity contribution in [2.24, 2.45) is 4.99 Å². The minimum atomic E-state index is 0.00276. The highest BCUT2D eigenvalue weighted by Crippen LogP contribution is 2.25. The van der Waals surface area contributed by atoms with Crippen LogP contribution < -0.4 is 10.0 Å². The second-order valence-corrected chi connectivity index (χ2v) is 6.74. The van der Waals surface area contributed by atoms with Crippen molar-refractivity contribution in [2.75, 3.05) is 7.05 Å². The molecule has 25 heavy (non-hydrogen) atoms. The van der Waals surface area contributed by atoms with Gasteiger partial charge in [0.1, 0.15) is 13.6 Å². The van der Waals surface area contributed by atoms with Crippen LogP contribution in [0.4, 0.5) is 5.69 Å². The van der Waals surface area contributed by atoms with Gasteiger partial charge in [-0.15, -0.1) is 5.75 Å². The Balaban J connectivity index is 1.85. The number of aryl methyl sites for hydroxylation is 3. The lowest BCUT2D eigenvalue weighted by Crippen LogP contribution is -3.04. The number of hydrogen-bond acceptors (Lipinski definition) is 2. The smallest absolute Gasteiger partial charge is 0.335 e. The second kappa shape index (κ2) is 7.03. The van der Waals surface area contributed by atoms with Crippen molar-refractivity contribution in [3.05, 3.63) is 70.5 Å². The molecular formula is C21H24N3O+. The summed E-state index contributed by atoms with van der Waals surface area (Å²) in [5, 5.41) is 12.2. The summed E-state index contributed by atoms with van der Waals surface area (Å²) in [6.45, 7) is 6.99. The van der Waals surface area contributed by atoms with Crippen LogP contribution in [0.5, 0.6) is 5.75 Å². The van der Waals surface area contributed by atoms with Crippen LogP contribution in [-0.4, -0.2) is 24.2 Å². The highest BCUT2D eigenvalue weighted by Gasteiger charge is 2.15. The average Bonchev–Trinajstić information content (AvgIpc) is 2.94. The minimum Gasteiger partial charge on any atom is -0.872 e. The van der Waals surface area contributed by atoms with E-state index in [-0.39, 0.29) is 5.75 Å². The van der Waals surface area contributed by atoms with Crippen LogP contribution in [0.1, 0.15) is 27.8 Å². The zero-order valence-electron chi connectivity index (χ0n) is 15.2. The lowest BCUT2D eigenvalue weighted by atomic mass is 10.1. The first-order chi connectivity index (χ1) is 11.9. The van der Waals surface area contributed by atoms with E-state index in [1.54, 1.807) is 12.3 Å². The number of benzene rings is 2. The molecule has 1 heterocycles. The van der Waals surface area contributed by atoms with Gasteiger partial charge in [-0.1, -0.05) is 29.8 Å². The van der Waals surface area contributed by atoms with E-state index in [0.29, 0.717) is 5.56 Å². The van der Waals surface area contributed by atoms with E-state index in [2.05, 4.69) is 50.4 Å². The van der Waals surface area contributed by atoms with E-state index in [1.807, 2.05) is 30.0 Å². The molecule has 0 aromatic heterocycles. The highest BCUT2D eigenvalue weighted by atomic mass is 16.3. The first-order valence-electron chi connectivity index (χ1n) is 8.45. The molecule has 0 saturated heterocycles. The van der Waals surface area contributed by atoms with Gasteiger partial charge in [-0.25, -0.2) is 4.90 Å². The van der Waals surface area contributed by atoms with Crippen molar-refractivity contribution in [2.45, 2.75) is 27.3 Å². The normalized spacial score (nSPS) is 16.6. The number of aliphatic imine (C=N–C) groups is 1. The van der Waals surface area contributed by atoms with E-state index < -0.39 is 0 Å². The molecule has 4 heteroatoms. The van der Waals surface area contributed by atoms with Crippen LogP contribution in [-0.2, 0) is 6.54 Å². The second-order valence-electron chi connectivity index (χ2n) is 6.74. The van der Waals surface area contributed by atoms with Gasteiger partial charge in [0.05, 0.1) is 5.69 Å². The van der Waals surface area contributed by atoms with E-state index >= 15 is 0 Å². The topological polar surface area (TPSA) is 42.9 Å². The number of rotatable bonds is 4. The molecule has 0 spiro atoms. The van der Waals surface area contributed by atoms with E-state index in [9.17, 15) is 5.11 Å². The fourth-order valence-corrected chi connectivity index (χ4v) is 3.22. The van der Waals surface area contributed by atoms with Crippen LogP contribution in [0.25, 0.3) is 0 Å². The predicted octanol–water partition coefficient (Wildman–Crippen LogP) is 1.98. The third-order valence-electron chi connectivity index (χ3n) is 4.34. The molecule has 2 aromatic carbocycles. The lowest BCUT2D eigenvalue weighted by molar-refractivity contribution is -0.763. The molecule has 3 rings (SSSR count). The van der Waals surface area contributed by atoms with Crippen molar-refractivity contribution in [3.63, 3.8) is 0 Å². The molecule has 1 aliphatic heterocycles. The summed E-state index contributed by atoms with van der Waals surface area (Å²) in [6, 6.07) is 9.70. The predicted molar refractivity (Wildman–Crippen MR) is 99.9 cm³/mol. The quantitative estimate of drug-likeness (QED) is 0.674. The summed E-state index contributed by atoms with van der Waals surface area (Å²) in [5.74, 6) is 0.00276. The minimum absolute atomic E-state index is 0.00276. The summed E-state index contributed by atoms with van der Waals surface area (Å²) >= 11 is 0. The molecule has 0 fully saturated rings. The maximum atomic E-state index is 12.2. The Morgan fingerprint density at radius 3 is 2.48 bits per heavy atom. The maximum Gasteiger partial charge on any atom is 0.335 e. The number of hydrogen-bond donors (Lipinski definition) is 1. The van der Waals surface area contributed by atoms with Crippen molar-refractivity contribution < 1.29 is 14.6 Å². The van der Waals surface area contributed by atoms with Gasteiger partial charge < -0.3 is 5.11 Å².